The van der Waals surface area contributed by atoms with Crippen molar-refractivity contribution in [3.63, 3.8) is 0 Å². The number of pyridine rings is 1. The highest BCUT2D eigenvalue weighted by molar-refractivity contribution is 9.10. The smallest absolute Gasteiger partial charge is 0.236 e. The molecule has 0 saturated heterocycles. The maximum absolute atomic E-state index is 12.2. The molecule has 0 unspecified atom stereocenters. The van der Waals surface area contributed by atoms with E-state index in [9.17, 15) is 4.79 Å². The molecule has 150 valence electrons. The van der Waals surface area contributed by atoms with Crippen molar-refractivity contribution in [1.29, 1.82) is 0 Å². The molecule has 0 radical (unpaired) electrons. The molecule has 1 N–H and O–H groups in total. The normalized spacial score (nSPS) is 10.6. The molecular formula is C20H20BrN5O2S. The Kier molecular flexibility index (Phi) is 7.42. The number of rotatable bonds is 9. The lowest BCUT2D eigenvalue weighted by atomic mass is 10.2. The van der Waals surface area contributed by atoms with E-state index >= 15 is 0 Å². The lowest BCUT2D eigenvalue weighted by molar-refractivity contribution is -0.113. The van der Waals surface area contributed by atoms with Gasteiger partial charge >= 0.3 is 0 Å². The van der Waals surface area contributed by atoms with Crippen molar-refractivity contribution in [2.75, 3.05) is 11.1 Å². The number of carbonyl (C=O) groups excluding carboxylic acids is 1. The minimum atomic E-state index is -0.171. The summed E-state index contributed by atoms with van der Waals surface area (Å²) in [7, 11) is 0. The van der Waals surface area contributed by atoms with Gasteiger partial charge in [0.05, 0.1) is 5.75 Å². The van der Waals surface area contributed by atoms with E-state index < -0.39 is 0 Å². The van der Waals surface area contributed by atoms with Crippen LogP contribution in [0.4, 0.5) is 5.82 Å². The number of aromatic nitrogens is 4. The van der Waals surface area contributed by atoms with Crippen molar-refractivity contribution in [1.82, 2.24) is 19.7 Å². The Labute approximate surface area is 181 Å². The maximum Gasteiger partial charge on any atom is 0.236 e. The minimum absolute atomic E-state index is 0.171. The molecule has 9 heteroatoms. The van der Waals surface area contributed by atoms with Crippen molar-refractivity contribution in [2.24, 2.45) is 0 Å². The van der Waals surface area contributed by atoms with Gasteiger partial charge in [-0.05, 0) is 47.1 Å². The van der Waals surface area contributed by atoms with Gasteiger partial charge in [0.15, 0.2) is 11.0 Å². The number of hydrogen-bond acceptors (Lipinski definition) is 6. The largest absolute Gasteiger partial charge is 0.486 e. The Morgan fingerprint density at radius 3 is 2.76 bits per heavy atom. The third-order valence-electron chi connectivity index (χ3n) is 3.82. The van der Waals surface area contributed by atoms with Crippen LogP contribution < -0.4 is 10.1 Å². The molecule has 2 heterocycles. The number of benzene rings is 1. The predicted molar refractivity (Wildman–Crippen MR) is 117 cm³/mol. The van der Waals surface area contributed by atoms with Crippen LogP contribution in [0.2, 0.25) is 0 Å². The lowest BCUT2D eigenvalue weighted by Gasteiger charge is -2.09. The molecule has 0 aliphatic carbocycles. The predicted octanol–water partition coefficient (Wildman–Crippen LogP) is 4.24. The fourth-order valence-electron chi connectivity index (χ4n) is 2.39. The zero-order valence-corrected chi connectivity index (χ0v) is 18.2. The Bertz CT molecular complexity index is 974. The van der Waals surface area contributed by atoms with Gasteiger partial charge < -0.3 is 10.1 Å². The van der Waals surface area contributed by atoms with Gasteiger partial charge in [-0.1, -0.05) is 35.5 Å². The van der Waals surface area contributed by atoms with Gasteiger partial charge in [-0.25, -0.2) is 4.98 Å². The molecule has 0 spiro atoms. The average Bonchev–Trinajstić information content (AvgIpc) is 3.10. The number of ether oxygens (including phenoxy) is 1. The number of allylic oxidation sites excluding steroid dienone is 1. The first-order valence-electron chi connectivity index (χ1n) is 8.82. The van der Waals surface area contributed by atoms with E-state index in [1.54, 1.807) is 18.3 Å². The molecule has 0 fully saturated rings. The first kappa shape index (κ1) is 21.1. The number of aryl methyl sites for hydroxylation is 1. The molecule has 0 bridgehead atoms. The van der Waals surface area contributed by atoms with E-state index in [1.165, 1.54) is 17.3 Å². The monoisotopic (exact) mass is 473 g/mol. The number of nitrogens with zero attached hydrogens (tertiary/aromatic N) is 4. The zero-order valence-electron chi connectivity index (χ0n) is 15.8. The number of nitrogens with one attached hydrogen (secondary N) is 1. The summed E-state index contributed by atoms with van der Waals surface area (Å²) in [6.45, 7) is 6.61. The van der Waals surface area contributed by atoms with Gasteiger partial charge in [-0.15, -0.1) is 16.8 Å². The van der Waals surface area contributed by atoms with E-state index in [0.29, 0.717) is 23.3 Å². The topological polar surface area (TPSA) is 81.9 Å². The van der Waals surface area contributed by atoms with Crippen LogP contribution in [-0.4, -0.2) is 31.4 Å². The Morgan fingerprint density at radius 2 is 2.07 bits per heavy atom. The van der Waals surface area contributed by atoms with Crippen LogP contribution in [-0.2, 0) is 17.9 Å². The number of hydrogen-bond donors (Lipinski definition) is 1. The average molecular weight is 474 g/mol. The number of carbonyl (C=O) groups is 1. The number of halogens is 1. The molecule has 3 aromatic rings. The molecule has 0 aliphatic rings. The van der Waals surface area contributed by atoms with E-state index in [1.807, 2.05) is 41.8 Å². The standard InChI is InChI=1S/C20H20BrN5O2S/c1-3-10-26-18(12-28-16-7-4-14(2)5-8-16)24-25-20(26)29-13-19(27)23-17-9-6-15(21)11-22-17/h3-9,11H,1,10,12-13H2,2H3,(H,22,23,27). The molecular weight excluding hydrogens is 454 g/mol. The zero-order chi connectivity index (χ0) is 20.6. The van der Waals surface area contributed by atoms with Gasteiger partial charge in [0.25, 0.3) is 0 Å². The van der Waals surface area contributed by atoms with Gasteiger partial charge in [0.2, 0.25) is 5.91 Å². The third kappa shape index (κ3) is 6.16. The molecule has 3 rings (SSSR count). The van der Waals surface area contributed by atoms with E-state index in [4.69, 9.17) is 4.74 Å². The Morgan fingerprint density at radius 1 is 1.28 bits per heavy atom. The Hall–Kier alpha value is -2.65. The van der Waals surface area contributed by atoms with Gasteiger partial charge in [0, 0.05) is 17.2 Å². The van der Waals surface area contributed by atoms with Crippen LogP contribution in [0.15, 0.2) is 64.9 Å². The number of anilines is 1. The SMILES string of the molecule is C=CCn1c(COc2ccc(C)cc2)nnc1SCC(=O)Nc1ccc(Br)cn1. The molecule has 29 heavy (non-hydrogen) atoms. The summed E-state index contributed by atoms with van der Waals surface area (Å²) in [4.78, 5) is 16.3. The van der Waals surface area contributed by atoms with E-state index in [2.05, 4.69) is 43.0 Å². The van der Waals surface area contributed by atoms with Crippen molar-refractivity contribution in [3.05, 3.63) is 71.1 Å². The molecule has 7 nitrogen and oxygen atoms in total. The number of thioether (sulfide) groups is 1. The second-order valence-electron chi connectivity index (χ2n) is 6.10. The number of amides is 1. The fourth-order valence-corrected chi connectivity index (χ4v) is 3.39. The molecule has 0 saturated carbocycles. The molecule has 0 aliphatic heterocycles. The summed E-state index contributed by atoms with van der Waals surface area (Å²) in [6.07, 6.45) is 3.39. The Balaban J connectivity index is 1.59. The first-order chi connectivity index (χ1) is 14.0. The highest BCUT2D eigenvalue weighted by Gasteiger charge is 2.14. The van der Waals surface area contributed by atoms with Gasteiger partial charge in [-0.3, -0.25) is 9.36 Å². The highest BCUT2D eigenvalue weighted by atomic mass is 79.9. The van der Waals surface area contributed by atoms with Crippen LogP contribution in [0.5, 0.6) is 5.75 Å². The van der Waals surface area contributed by atoms with E-state index in [-0.39, 0.29) is 18.3 Å². The van der Waals surface area contributed by atoms with Crippen LogP contribution in [0.25, 0.3) is 0 Å². The second kappa shape index (κ2) is 10.2. The molecule has 1 aromatic carbocycles. The summed E-state index contributed by atoms with van der Waals surface area (Å²) in [5.74, 6) is 1.95. The van der Waals surface area contributed by atoms with Crippen molar-refractivity contribution in [2.45, 2.75) is 25.2 Å². The van der Waals surface area contributed by atoms with Crippen molar-refractivity contribution in [3.8, 4) is 5.75 Å². The fraction of sp³-hybridized carbons (Fsp3) is 0.200. The molecule has 1 amide bonds. The summed E-state index contributed by atoms with van der Waals surface area (Å²) in [5, 5.41) is 11.8. The molecule has 2 aromatic heterocycles. The van der Waals surface area contributed by atoms with Crippen molar-refractivity contribution < 1.29 is 9.53 Å². The summed E-state index contributed by atoms with van der Waals surface area (Å²) in [5.41, 5.74) is 1.17. The van der Waals surface area contributed by atoms with Crippen molar-refractivity contribution >= 4 is 39.4 Å². The van der Waals surface area contributed by atoms with E-state index in [0.717, 1.165) is 10.2 Å². The van der Waals surface area contributed by atoms with Gasteiger partial charge in [-0.2, -0.15) is 0 Å². The first-order valence-corrected chi connectivity index (χ1v) is 10.6. The quantitative estimate of drug-likeness (QED) is 0.369. The van der Waals surface area contributed by atoms with Crippen LogP contribution in [0, 0.1) is 6.92 Å². The minimum Gasteiger partial charge on any atom is -0.486 e. The lowest BCUT2D eigenvalue weighted by Crippen LogP contribution is -2.15. The highest BCUT2D eigenvalue weighted by Crippen LogP contribution is 2.20. The maximum atomic E-state index is 12.2. The third-order valence-corrected chi connectivity index (χ3v) is 5.26. The van der Waals surface area contributed by atoms with Gasteiger partial charge in [0.1, 0.15) is 18.2 Å². The molecule has 0 atom stereocenters. The van der Waals surface area contributed by atoms with Crippen LogP contribution in [0.1, 0.15) is 11.4 Å². The summed E-state index contributed by atoms with van der Waals surface area (Å²) < 4.78 is 8.54. The summed E-state index contributed by atoms with van der Waals surface area (Å²) >= 11 is 4.61. The second-order valence-corrected chi connectivity index (χ2v) is 7.96. The van der Waals surface area contributed by atoms with Crippen LogP contribution >= 0.6 is 27.7 Å². The summed E-state index contributed by atoms with van der Waals surface area (Å²) in [6, 6.07) is 11.4. The van der Waals surface area contributed by atoms with Crippen LogP contribution in [0.3, 0.4) is 0 Å².